The summed E-state index contributed by atoms with van der Waals surface area (Å²) in [6.45, 7) is 0. The summed E-state index contributed by atoms with van der Waals surface area (Å²) in [7, 11) is 0. The van der Waals surface area contributed by atoms with Crippen LogP contribution in [0.3, 0.4) is 0 Å². The lowest BCUT2D eigenvalue weighted by Gasteiger charge is -2.26. The Morgan fingerprint density at radius 3 is 1.85 bits per heavy atom. The lowest BCUT2D eigenvalue weighted by molar-refractivity contribution is 0.673. The fraction of sp³-hybridized carbons (Fsp3) is 0. The maximum atomic E-state index is 8.97. The van der Waals surface area contributed by atoms with Gasteiger partial charge in [-0.15, -0.1) is 0 Å². The van der Waals surface area contributed by atoms with Gasteiger partial charge in [-0.25, -0.2) is 0 Å². The molecule has 0 aliphatic rings. The van der Waals surface area contributed by atoms with Crippen LogP contribution in [0.2, 0.25) is 0 Å². The van der Waals surface area contributed by atoms with Gasteiger partial charge in [-0.1, -0.05) is 139 Å². The highest BCUT2D eigenvalue weighted by Crippen LogP contribution is 2.42. The number of fused-ring (bicyclic) bond motifs is 5. The van der Waals surface area contributed by atoms with Gasteiger partial charge < -0.3 is 9.32 Å². The molecular weight excluding hydrogens is 583 g/mol. The molecule has 8 aromatic carbocycles. The van der Waals surface area contributed by atoms with E-state index in [1.165, 1.54) is 0 Å². The van der Waals surface area contributed by atoms with Crippen molar-refractivity contribution in [3.8, 4) is 33.4 Å². The third kappa shape index (κ3) is 4.92. The maximum Gasteiger partial charge on any atom is 0.143 e. The summed E-state index contributed by atoms with van der Waals surface area (Å²) in [5.41, 5.74) is 9.17. The smallest absolute Gasteiger partial charge is 0.143 e. The van der Waals surface area contributed by atoms with Crippen LogP contribution in [0.4, 0.5) is 17.1 Å². The molecule has 0 fully saturated rings. The second kappa shape index (κ2) is 11.8. The van der Waals surface area contributed by atoms with Crippen molar-refractivity contribution in [2.24, 2.45) is 0 Å². The normalized spacial score (nSPS) is 12.8. The number of anilines is 3. The van der Waals surface area contributed by atoms with E-state index in [-0.39, 0.29) is 29.9 Å². The molecular formula is C46H31NO. The van der Waals surface area contributed by atoms with Crippen LogP contribution in [0.1, 0.15) is 6.85 Å². The van der Waals surface area contributed by atoms with Crippen LogP contribution in [0.5, 0.6) is 0 Å². The summed E-state index contributed by atoms with van der Waals surface area (Å²) in [6.07, 6.45) is 0. The van der Waals surface area contributed by atoms with E-state index in [0.717, 1.165) is 66.1 Å². The molecule has 0 aliphatic carbocycles. The molecule has 1 aromatic heterocycles. The SMILES string of the molecule is [2H]c1c([2H])c([2H])c(N(c2ccc(-c3ccc(-c4ccccc4)cc3)cc2)c2cccc(-c3cccc4oc5c6ccccc6ccc5c34)c2)c([2H])c1[2H]. The summed E-state index contributed by atoms with van der Waals surface area (Å²) in [6, 6.07) is 51.0. The fourth-order valence-corrected chi connectivity index (χ4v) is 6.66. The number of para-hydroxylation sites is 1. The van der Waals surface area contributed by atoms with Gasteiger partial charge in [-0.3, -0.25) is 0 Å². The van der Waals surface area contributed by atoms with Crippen molar-refractivity contribution in [2.45, 2.75) is 0 Å². The molecule has 0 aliphatic heterocycles. The molecule has 48 heavy (non-hydrogen) atoms. The highest BCUT2D eigenvalue weighted by molar-refractivity contribution is 6.19. The molecule has 0 bridgehead atoms. The van der Waals surface area contributed by atoms with Gasteiger partial charge in [0.1, 0.15) is 11.2 Å². The molecule has 0 amide bonds. The average Bonchev–Trinajstić information content (AvgIpc) is 3.61. The van der Waals surface area contributed by atoms with Gasteiger partial charge in [-0.2, -0.15) is 0 Å². The van der Waals surface area contributed by atoms with Gasteiger partial charge in [0, 0.05) is 33.2 Å². The lowest BCUT2D eigenvalue weighted by atomic mass is 9.97. The Kier molecular flexibility index (Phi) is 5.64. The standard InChI is InChI=1S/C46H31NO/c1-3-11-32(12-4-1)33-21-23-34(24-22-33)35-25-28-39(29-26-35)47(38-15-5-2-6-16-38)40-17-9-14-37(31-40)41-19-10-20-44-45(41)43-30-27-36-13-7-8-18-42(36)46(43)48-44/h1-31H/i2D,5D,6D,15D,16D. The van der Waals surface area contributed by atoms with Crippen LogP contribution in [-0.2, 0) is 0 Å². The summed E-state index contributed by atoms with van der Waals surface area (Å²) in [4.78, 5) is 1.76. The number of hydrogen-bond donors (Lipinski definition) is 0. The molecule has 9 rings (SSSR count). The minimum absolute atomic E-state index is 0.0755. The molecule has 0 N–H and O–H groups in total. The zero-order valence-corrected chi connectivity index (χ0v) is 25.9. The van der Waals surface area contributed by atoms with E-state index in [1.54, 1.807) is 4.90 Å². The molecule has 0 saturated carbocycles. The zero-order chi connectivity index (χ0) is 36.2. The lowest BCUT2D eigenvalue weighted by Crippen LogP contribution is -2.09. The van der Waals surface area contributed by atoms with Gasteiger partial charge in [0.2, 0.25) is 0 Å². The largest absolute Gasteiger partial charge is 0.455 e. The van der Waals surface area contributed by atoms with E-state index in [0.29, 0.717) is 11.4 Å². The van der Waals surface area contributed by atoms with E-state index in [2.05, 4.69) is 66.7 Å². The molecule has 0 saturated heterocycles. The molecule has 1 heterocycles. The molecule has 226 valence electrons. The molecule has 0 radical (unpaired) electrons. The third-order valence-corrected chi connectivity index (χ3v) is 8.96. The Bertz CT molecular complexity index is 2800. The number of furan rings is 1. The van der Waals surface area contributed by atoms with Gasteiger partial charge >= 0.3 is 0 Å². The van der Waals surface area contributed by atoms with Crippen LogP contribution in [0.15, 0.2) is 192 Å². The quantitative estimate of drug-likeness (QED) is 0.184. The van der Waals surface area contributed by atoms with Crippen LogP contribution in [-0.4, -0.2) is 0 Å². The van der Waals surface area contributed by atoms with E-state index < -0.39 is 6.04 Å². The van der Waals surface area contributed by atoms with Gasteiger partial charge in [0.05, 0.1) is 6.85 Å². The van der Waals surface area contributed by atoms with Gasteiger partial charge in [-0.05, 0) is 87.2 Å². The Morgan fingerprint density at radius 2 is 1.08 bits per heavy atom. The van der Waals surface area contributed by atoms with Crippen molar-refractivity contribution in [1.82, 2.24) is 0 Å². The number of benzene rings is 8. The predicted octanol–water partition coefficient (Wildman–Crippen LogP) is 13.2. The average molecular weight is 619 g/mol. The van der Waals surface area contributed by atoms with E-state index in [4.69, 9.17) is 11.3 Å². The highest BCUT2D eigenvalue weighted by atomic mass is 16.3. The molecule has 0 atom stereocenters. The van der Waals surface area contributed by atoms with E-state index in [1.807, 2.05) is 91.0 Å². The number of rotatable bonds is 6. The molecule has 0 unspecified atom stereocenters. The van der Waals surface area contributed by atoms with Crippen molar-refractivity contribution in [2.75, 3.05) is 4.90 Å². The van der Waals surface area contributed by atoms with E-state index in [9.17, 15) is 0 Å². The molecule has 0 spiro atoms. The Morgan fingerprint density at radius 1 is 0.438 bits per heavy atom. The summed E-state index contributed by atoms with van der Waals surface area (Å²) < 4.78 is 49.7. The third-order valence-electron chi connectivity index (χ3n) is 8.96. The van der Waals surface area contributed by atoms with Crippen molar-refractivity contribution < 1.29 is 11.3 Å². The number of nitrogens with zero attached hydrogens (tertiary/aromatic N) is 1. The predicted molar refractivity (Wildman–Crippen MR) is 202 cm³/mol. The van der Waals surface area contributed by atoms with Crippen molar-refractivity contribution in [1.29, 1.82) is 0 Å². The second-order valence-corrected chi connectivity index (χ2v) is 11.8. The van der Waals surface area contributed by atoms with Crippen LogP contribution in [0, 0.1) is 0 Å². The van der Waals surface area contributed by atoms with Crippen LogP contribution < -0.4 is 4.90 Å². The Hall–Kier alpha value is -6.38. The summed E-state index contributed by atoms with van der Waals surface area (Å²) in [5, 5.41) is 4.15. The molecule has 2 nitrogen and oxygen atoms in total. The van der Waals surface area contributed by atoms with Crippen LogP contribution >= 0.6 is 0 Å². The van der Waals surface area contributed by atoms with Crippen molar-refractivity contribution >= 4 is 49.8 Å². The molecule has 9 aromatic rings. The highest BCUT2D eigenvalue weighted by Gasteiger charge is 2.17. The first-order valence-electron chi connectivity index (χ1n) is 18.4. The Balaban J connectivity index is 1.18. The number of hydrogen-bond acceptors (Lipinski definition) is 2. The first kappa shape index (κ1) is 23.0. The van der Waals surface area contributed by atoms with E-state index >= 15 is 0 Å². The fourth-order valence-electron chi connectivity index (χ4n) is 6.66. The van der Waals surface area contributed by atoms with Crippen LogP contribution in [0.25, 0.3) is 66.1 Å². The summed E-state index contributed by atoms with van der Waals surface area (Å²) >= 11 is 0. The maximum absolute atomic E-state index is 8.97. The molecule has 2 heteroatoms. The second-order valence-electron chi connectivity index (χ2n) is 11.8. The summed E-state index contributed by atoms with van der Waals surface area (Å²) in [5.74, 6) is 0. The van der Waals surface area contributed by atoms with Crippen molar-refractivity contribution in [3.05, 3.63) is 188 Å². The van der Waals surface area contributed by atoms with Gasteiger partial charge in [0.25, 0.3) is 0 Å². The van der Waals surface area contributed by atoms with Gasteiger partial charge in [0.15, 0.2) is 0 Å². The zero-order valence-electron chi connectivity index (χ0n) is 30.9. The Labute approximate surface area is 286 Å². The topological polar surface area (TPSA) is 16.4 Å². The first-order chi connectivity index (χ1) is 25.9. The minimum Gasteiger partial charge on any atom is -0.455 e. The first-order valence-corrected chi connectivity index (χ1v) is 15.9. The van der Waals surface area contributed by atoms with Crippen molar-refractivity contribution in [3.63, 3.8) is 0 Å². The minimum atomic E-state index is -0.433. The monoisotopic (exact) mass is 618 g/mol.